The summed E-state index contributed by atoms with van der Waals surface area (Å²) in [6, 6.07) is 7.72. The first-order chi connectivity index (χ1) is 13.7. The number of carbonyl (C=O) groups excluding carboxylic acids is 1. The smallest absolute Gasteiger partial charge is 0.225 e. The first-order valence-electron chi connectivity index (χ1n) is 9.59. The SMILES string of the molecule is C#CCOCCOCCOCCOCCNC(=O)C1Cc2ccccc2C1N. The minimum absolute atomic E-state index is 0.0214. The lowest BCUT2D eigenvalue weighted by molar-refractivity contribution is -0.125. The fourth-order valence-corrected chi connectivity index (χ4v) is 3.05. The molecule has 2 atom stereocenters. The van der Waals surface area contributed by atoms with Gasteiger partial charge in [0.15, 0.2) is 0 Å². The van der Waals surface area contributed by atoms with Crippen LogP contribution in [0.2, 0.25) is 0 Å². The zero-order valence-electron chi connectivity index (χ0n) is 16.2. The molecule has 0 saturated carbocycles. The molecule has 0 saturated heterocycles. The predicted molar refractivity (Wildman–Crippen MR) is 106 cm³/mol. The summed E-state index contributed by atoms with van der Waals surface area (Å²) in [5.74, 6) is 2.16. The molecule has 1 aliphatic rings. The topological polar surface area (TPSA) is 92.0 Å². The lowest BCUT2D eigenvalue weighted by Gasteiger charge is -2.16. The standard InChI is InChI=1S/C21H30N2O5/c1-2-8-25-10-12-27-14-15-28-13-11-26-9-7-23-21(24)19-16-17-5-3-4-6-18(17)20(19)22/h1,3-6,19-20H,7-16,22H2,(H,23,24). The average Bonchev–Trinajstić information content (AvgIpc) is 3.05. The van der Waals surface area contributed by atoms with E-state index in [-0.39, 0.29) is 17.9 Å². The Balaban J connectivity index is 1.41. The minimum Gasteiger partial charge on any atom is -0.377 e. The van der Waals surface area contributed by atoms with Crippen LogP contribution in [0.15, 0.2) is 24.3 Å². The summed E-state index contributed by atoms with van der Waals surface area (Å²) in [7, 11) is 0. The molecule has 28 heavy (non-hydrogen) atoms. The highest BCUT2D eigenvalue weighted by Crippen LogP contribution is 2.34. The Morgan fingerprint density at radius 2 is 1.64 bits per heavy atom. The molecule has 2 unspecified atom stereocenters. The van der Waals surface area contributed by atoms with Gasteiger partial charge in [-0.15, -0.1) is 6.42 Å². The van der Waals surface area contributed by atoms with Crippen molar-refractivity contribution < 1.29 is 23.7 Å². The van der Waals surface area contributed by atoms with Crippen LogP contribution in [0.25, 0.3) is 0 Å². The van der Waals surface area contributed by atoms with Crippen LogP contribution in [0.1, 0.15) is 17.2 Å². The second-order valence-electron chi connectivity index (χ2n) is 6.42. The second kappa shape index (κ2) is 13.3. The Morgan fingerprint density at radius 1 is 1.04 bits per heavy atom. The summed E-state index contributed by atoms with van der Waals surface area (Å²) >= 11 is 0. The highest BCUT2D eigenvalue weighted by atomic mass is 16.6. The summed E-state index contributed by atoms with van der Waals surface area (Å²) in [4.78, 5) is 12.3. The summed E-state index contributed by atoms with van der Waals surface area (Å²) < 4.78 is 21.2. The molecular weight excluding hydrogens is 360 g/mol. The molecule has 0 spiro atoms. The zero-order chi connectivity index (χ0) is 20.0. The lowest BCUT2D eigenvalue weighted by Crippen LogP contribution is -2.37. The maximum atomic E-state index is 12.3. The third kappa shape index (κ3) is 7.58. The third-order valence-electron chi connectivity index (χ3n) is 4.47. The van der Waals surface area contributed by atoms with Crippen molar-refractivity contribution in [1.82, 2.24) is 5.32 Å². The van der Waals surface area contributed by atoms with E-state index < -0.39 is 0 Å². The van der Waals surface area contributed by atoms with Gasteiger partial charge in [-0.25, -0.2) is 0 Å². The quantitative estimate of drug-likeness (QED) is 0.358. The zero-order valence-corrected chi connectivity index (χ0v) is 16.2. The van der Waals surface area contributed by atoms with Gasteiger partial charge >= 0.3 is 0 Å². The largest absolute Gasteiger partial charge is 0.377 e. The van der Waals surface area contributed by atoms with Gasteiger partial charge in [-0.1, -0.05) is 30.2 Å². The van der Waals surface area contributed by atoms with E-state index >= 15 is 0 Å². The van der Waals surface area contributed by atoms with Gasteiger partial charge in [0.25, 0.3) is 0 Å². The van der Waals surface area contributed by atoms with Crippen molar-refractivity contribution in [2.45, 2.75) is 12.5 Å². The van der Waals surface area contributed by atoms with E-state index in [1.54, 1.807) is 0 Å². The number of hydrogen-bond acceptors (Lipinski definition) is 6. The molecule has 7 nitrogen and oxygen atoms in total. The fourth-order valence-electron chi connectivity index (χ4n) is 3.05. The molecule has 0 radical (unpaired) electrons. The number of fused-ring (bicyclic) bond motifs is 1. The van der Waals surface area contributed by atoms with Crippen molar-refractivity contribution in [2.24, 2.45) is 11.7 Å². The first-order valence-corrected chi connectivity index (χ1v) is 9.59. The van der Waals surface area contributed by atoms with Crippen LogP contribution in [0.4, 0.5) is 0 Å². The van der Waals surface area contributed by atoms with Gasteiger partial charge in [-0.3, -0.25) is 4.79 Å². The van der Waals surface area contributed by atoms with Crippen LogP contribution >= 0.6 is 0 Å². The van der Waals surface area contributed by atoms with E-state index in [9.17, 15) is 4.79 Å². The van der Waals surface area contributed by atoms with Crippen molar-refractivity contribution in [3.8, 4) is 12.3 Å². The van der Waals surface area contributed by atoms with Crippen molar-refractivity contribution in [2.75, 3.05) is 59.4 Å². The number of nitrogens with two attached hydrogens (primary N) is 1. The molecule has 0 fully saturated rings. The first kappa shape index (κ1) is 22.3. The third-order valence-corrected chi connectivity index (χ3v) is 4.47. The van der Waals surface area contributed by atoms with Crippen LogP contribution in [-0.4, -0.2) is 65.3 Å². The van der Waals surface area contributed by atoms with Gasteiger partial charge in [0.05, 0.1) is 52.2 Å². The number of rotatable bonds is 14. The maximum absolute atomic E-state index is 12.3. The van der Waals surface area contributed by atoms with Gasteiger partial charge in [-0.2, -0.15) is 0 Å². The number of terminal acetylenes is 1. The number of benzene rings is 1. The molecule has 0 heterocycles. The molecule has 7 heteroatoms. The van der Waals surface area contributed by atoms with Crippen molar-refractivity contribution >= 4 is 5.91 Å². The van der Waals surface area contributed by atoms with Gasteiger partial charge in [0.2, 0.25) is 5.91 Å². The maximum Gasteiger partial charge on any atom is 0.225 e. The van der Waals surface area contributed by atoms with E-state index in [0.29, 0.717) is 65.8 Å². The average molecular weight is 390 g/mol. The fraction of sp³-hybridized carbons (Fsp3) is 0.571. The molecule has 154 valence electrons. The summed E-state index contributed by atoms with van der Waals surface area (Å²) in [6.07, 6.45) is 5.75. The van der Waals surface area contributed by atoms with E-state index in [2.05, 4.69) is 11.2 Å². The van der Waals surface area contributed by atoms with Crippen LogP contribution in [0.3, 0.4) is 0 Å². The van der Waals surface area contributed by atoms with Crippen molar-refractivity contribution in [3.63, 3.8) is 0 Å². The monoisotopic (exact) mass is 390 g/mol. The molecule has 2 rings (SSSR count). The van der Waals surface area contributed by atoms with E-state index in [4.69, 9.17) is 31.1 Å². The van der Waals surface area contributed by atoms with Crippen LogP contribution < -0.4 is 11.1 Å². The summed E-state index contributed by atoms with van der Waals surface area (Å²) in [5.41, 5.74) is 8.44. The van der Waals surface area contributed by atoms with Gasteiger partial charge in [0, 0.05) is 12.6 Å². The van der Waals surface area contributed by atoms with E-state index in [1.165, 1.54) is 0 Å². The number of nitrogens with one attached hydrogen (secondary N) is 1. The molecule has 0 aromatic heterocycles. The Labute approximate surface area is 166 Å². The highest BCUT2D eigenvalue weighted by molar-refractivity contribution is 5.81. The Hall–Kier alpha value is -1.95. The molecule has 1 aromatic carbocycles. The van der Waals surface area contributed by atoms with Crippen LogP contribution in [0.5, 0.6) is 0 Å². The minimum atomic E-state index is -0.239. The molecule has 1 aliphatic carbocycles. The summed E-state index contributed by atoms with van der Waals surface area (Å²) in [5, 5.41) is 2.90. The van der Waals surface area contributed by atoms with Gasteiger partial charge in [-0.05, 0) is 17.5 Å². The number of ether oxygens (including phenoxy) is 4. The van der Waals surface area contributed by atoms with E-state index in [0.717, 1.165) is 11.1 Å². The second-order valence-corrected chi connectivity index (χ2v) is 6.42. The molecule has 0 aliphatic heterocycles. The van der Waals surface area contributed by atoms with Gasteiger partial charge in [0.1, 0.15) is 6.61 Å². The van der Waals surface area contributed by atoms with Crippen molar-refractivity contribution in [3.05, 3.63) is 35.4 Å². The Morgan fingerprint density at radius 3 is 2.29 bits per heavy atom. The molecule has 1 amide bonds. The van der Waals surface area contributed by atoms with Crippen molar-refractivity contribution in [1.29, 1.82) is 0 Å². The molecule has 1 aromatic rings. The lowest BCUT2D eigenvalue weighted by atomic mass is 10.0. The van der Waals surface area contributed by atoms with Crippen LogP contribution in [-0.2, 0) is 30.2 Å². The van der Waals surface area contributed by atoms with E-state index in [1.807, 2.05) is 24.3 Å². The molecule has 3 N–H and O–H groups in total. The number of hydrogen-bond donors (Lipinski definition) is 2. The Bertz CT molecular complexity index is 631. The number of amides is 1. The predicted octanol–water partition coefficient (Wildman–Crippen LogP) is 0.675. The summed E-state index contributed by atoms with van der Waals surface area (Å²) in [6.45, 7) is 4.12. The normalized spacial score (nSPS) is 17.9. The molecule has 0 bridgehead atoms. The van der Waals surface area contributed by atoms with Gasteiger partial charge < -0.3 is 30.0 Å². The molecular formula is C21H30N2O5. The number of carbonyl (C=O) groups is 1. The Kier molecular flexibility index (Phi) is 10.6. The van der Waals surface area contributed by atoms with Crippen LogP contribution in [0, 0.1) is 18.3 Å². The highest BCUT2D eigenvalue weighted by Gasteiger charge is 2.34.